The molecule has 3 unspecified atom stereocenters. The van der Waals surface area contributed by atoms with Crippen molar-refractivity contribution in [3.05, 3.63) is 0 Å². The van der Waals surface area contributed by atoms with Gasteiger partial charge in [0.05, 0.1) is 26.4 Å². The van der Waals surface area contributed by atoms with Crippen LogP contribution in [0.2, 0.25) is 0 Å². The monoisotopic (exact) mass is 1560 g/mol. The molecule has 0 aromatic heterocycles. The lowest BCUT2D eigenvalue weighted by atomic mass is 9.99. The van der Waals surface area contributed by atoms with Crippen LogP contribution < -0.4 is 0 Å². The van der Waals surface area contributed by atoms with Crippen LogP contribution in [0.4, 0.5) is 0 Å². The molecule has 19 heteroatoms. The third kappa shape index (κ3) is 80.5. The Labute approximate surface area is 658 Å². The van der Waals surface area contributed by atoms with Gasteiger partial charge in [0.15, 0.2) is 12.2 Å². The van der Waals surface area contributed by atoms with E-state index in [-0.39, 0.29) is 25.7 Å². The summed E-state index contributed by atoms with van der Waals surface area (Å²) < 4.78 is 68.9. The van der Waals surface area contributed by atoms with E-state index in [1.807, 2.05) is 0 Å². The standard InChI is InChI=1S/C88H172O17P2/c1-9-81(8)67-59-51-42-36-30-23-19-15-11-13-17-21-25-32-38-44-54-62-70-88(93)105-84(75-99-86(91)69-61-53-47-46-50-58-66-80(6)7)77-103-107(96,97)101-73-82(89)72-100-106(94,95)102-76-83(104-87(92)71-63-55-45-39-33-27-26-29-35-41-49-57-65-79(4)5)74-98-85(90)68-60-52-43-37-31-24-20-16-12-10-14-18-22-28-34-40-48-56-64-78(2)3/h78-84,89H,9-77H2,1-8H3,(H,94,95)(H,96,97)/t81?,82-,83-,84-/m1/s1. The summed E-state index contributed by atoms with van der Waals surface area (Å²) in [4.78, 5) is 73.2. The fourth-order valence-corrected chi connectivity index (χ4v) is 15.2. The van der Waals surface area contributed by atoms with Gasteiger partial charge in [-0.15, -0.1) is 0 Å². The Morgan fingerprint density at radius 3 is 0.664 bits per heavy atom. The van der Waals surface area contributed by atoms with E-state index in [0.717, 1.165) is 114 Å². The smallest absolute Gasteiger partial charge is 0.462 e. The number of hydrogen-bond donors (Lipinski definition) is 3. The minimum absolute atomic E-state index is 0.107. The average molecular weight is 1560 g/mol. The zero-order chi connectivity index (χ0) is 78.8. The third-order valence-corrected chi connectivity index (χ3v) is 22.8. The lowest BCUT2D eigenvalue weighted by Crippen LogP contribution is -2.30. The largest absolute Gasteiger partial charge is 0.472 e. The van der Waals surface area contributed by atoms with Crippen molar-refractivity contribution in [1.82, 2.24) is 0 Å². The lowest BCUT2D eigenvalue weighted by molar-refractivity contribution is -0.161. The van der Waals surface area contributed by atoms with Gasteiger partial charge in [-0.1, -0.05) is 409 Å². The van der Waals surface area contributed by atoms with E-state index < -0.39 is 97.5 Å². The van der Waals surface area contributed by atoms with Gasteiger partial charge in [-0.3, -0.25) is 37.3 Å². The Hall–Kier alpha value is -1.94. The molecule has 636 valence electrons. The quantitative estimate of drug-likeness (QED) is 0.0222. The number of carbonyl (C=O) groups is 4. The Balaban J connectivity index is 5.16. The minimum Gasteiger partial charge on any atom is -0.462 e. The van der Waals surface area contributed by atoms with Crippen LogP contribution >= 0.6 is 15.6 Å². The first-order valence-corrected chi connectivity index (χ1v) is 48.2. The predicted molar refractivity (Wildman–Crippen MR) is 441 cm³/mol. The molecule has 0 radical (unpaired) electrons. The summed E-state index contributed by atoms with van der Waals surface area (Å²) in [6.07, 6.45) is 66.9. The topological polar surface area (TPSA) is 237 Å². The summed E-state index contributed by atoms with van der Waals surface area (Å²) >= 11 is 0. The zero-order valence-electron chi connectivity index (χ0n) is 70.8. The number of unbranched alkanes of at least 4 members (excludes halogenated alkanes) is 50. The van der Waals surface area contributed by atoms with Crippen LogP contribution in [-0.4, -0.2) is 96.7 Å². The number of esters is 4. The Morgan fingerprint density at radius 2 is 0.449 bits per heavy atom. The van der Waals surface area contributed by atoms with Crippen molar-refractivity contribution in [1.29, 1.82) is 0 Å². The second-order valence-electron chi connectivity index (χ2n) is 33.3. The molecule has 0 saturated carbocycles. The molecule has 0 amide bonds. The SMILES string of the molecule is CCC(C)CCCCCCCCCCCCCCCCCCCCC(=O)O[C@H](COC(=O)CCCCCCCCC(C)C)COP(=O)(O)OC[C@H](O)COP(=O)(O)OC[C@@H](COC(=O)CCCCCCCCCCCCCCCCCCCCC(C)C)OC(=O)CCCCCCCCCCCCCCC(C)C. The first kappa shape index (κ1) is 105. The van der Waals surface area contributed by atoms with Crippen molar-refractivity contribution in [3.63, 3.8) is 0 Å². The van der Waals surface area contributed by atoms with E-state index in [1.165, 1.54) is 257 Å². The van der Waals surface area contributed by atoms with E-state index in [2.05, 4.69) is 55.4 Å². The normalized spacial score (nSPS) is 14.1. The van der Waals surface area contributed by atoms with Gasteiger partial charge in [0.1, 0.15) is 19.3 Å². The van der Waals surface area contributed by atoms with E-state index in [4.69, 9.17) is 37.0 Å². The summed E-state index contributed by atoms with van der Waals surface area (Å²) in [6, 6.07) is 0. The summed E-state index contributed by atoms with van der Waals surface area (Å²) in [5.41, 5.74) is 0. The fourth-order valence-electron chi connectivity index (χ4n) is 13.6. The van der Waals surface area contributed by atoms with E-state index in [0.29, 0.717) is 31.6 Å². The van der Waals surface area contributed by atoms with E-state index >= 15 is 0 Å². The van der Waals surface area contributed by atoms with Gasteiger partial charge < -0.3 is 33.8 Å². The van der Waals surface area contributed by atoms with Crippen molar-refractivity contribution in [2.45, 2.75) is 478 Å². The van der Waals surface area contributed by atoms with Crippen molar-refractivity contribution < 1.29 is 80.2 Å². The molecule has 107 heavy (non-hydrogen) atoms. The first-order chi connectivity index (χ1) is 51.6. The Kier molecular flexibility index (Phi) is 75.3. The molecular formula is C88H172O17P2. The maximum Gasteiger partial charge on any atom is 0.472 e. The second kappa shape index (κ2) is 76.7. The molecule has 0 aromatic carbocycles. The van der Waals surface area contributed by atoms with Crippen molar-refractivity contribution in [2.24, 2.45) is 23.7 Å². The number of aliphatic hydroxyl groups is 1. The molecule has 6 atom stereocenters. The van der Waals surface area contributed by atoms with Crippen LogP contribution in [0.3, 0.4) is 0 Å². The highest BCUT2D eigenvalue weighted by molar-refractivity contribution is 7.47. The molecule has 3 N–H and O–H groups in total. The van der Waals surface area contributed by atoms with Gasteiger partial charge in [-0.25, -0.2) is 9.13 Å². The predicted octanol–water partition coefficient (Wildman–Crippen LogP) is 26.7. The van der Waals surface area contributed by atoms with Crippen LogP contribution in [0.1, 0.15) is 460 Å². The molecule has 0 aliphatic carbocycles. The van der Waals surface area contributed by atoms with Crippen molar-refractivity contribution >= 4 is 39.5 Å². The molecular weight excluding hydrogens is 1390 g/mol. The van der Waals surface area contributed by atoms with Crippen LogP contribution in [0.5, 0.6) is 0 Å². The number of phosphoric ester groups is 2. The van der Waals surface area contributed by atoms with Crippen LogP contribution in [0.15, 0.2) is 0 Å². The molecule has 0 bridgehead atoms. The molecule has 0 fully saturated rings. The van der Waals surface area contributed by atoms with Gasteiger partial charge in [0.2, 0.25) is 0 Å². The maximum atomic E-state index is 13.1. The minimum atomic E-state index is -4.97. The lowest BCUT2D eigenvalue weighted by Gasteiger charge is -2.21. The van der Waals surface area contributed by atoms with Gasteiger partial charge in [0.25, 0.3) is 0 Å². The highest BCUT2D eigenvalue weighted by atomic mass is 31.2. The highest BCUT2D eigenvalue weighted by Gasteiger charge is 2.31. The van der Waals surface area contributed by atoms with Gasteiger partial charge in [0, 0.05) is 25.7 Å². The average Bonchev–Trinajstić information content (AvgIpc) is 0.899. The third-order valence-electron chi connectivity index (χ3n) is 20.9. The summed E-state index contributed by atoms with van der Waals surface area (Å²) in [5, 5.41) is 10.7. The molecule has 0 saturated heterocycles. The van der Waals surface area contributed by atoms with Crippen molar-refractivity contribution in [2.75, 3.05) is 39.6 Å². The maximum absolute atomic E-state index is 13.1. The number of carbonyl (C=O) groups excluding carboxylic acids is 4. The van der Waals surface area contributed by atoms with Gasteiger partial charge in [-0.05, 0) is 49.4 Å². The molecule has 0 heterocycles. The molecule has 0 aliphatic rings. The summed E-state index contributed by atoms with van der Waals surface area (Å²) in [5.74, 6) is 1.04. The number of phosphoric acid groups is 2. The summed E-state index contributed by atoms with van der Waals surface area (Å²) in [6.45, 7) is 14.3. The number of aliphatic hydroxyl groups excluding tert-OH is 1. The zero-order valence-corrected chi connectivity index (χ0v) is 72.6. The Bertz CT molecular complexity index is 2080. The number of rotatable bonds is 85. The Morgan fingerprint density at radius 1 is 0.262 bits per heavy atom. The van der Waals surface area contributed by atoms with Crippen LogP contribution in [0.25, 0.3) is 0 Å². The van der Waals surface area contributed by atoms with Crippen molar-refractivity contribution in [3.8, 4) is 0 Å². The number of hydrogen-bond acceptors (Lipinski definition) is 15. The molecule has 17 nitrogen and oxygen atoms in total. The second-order valence-corrected chi connectivity index (χ2v) is 36.2. The highest BCUT2D eigenvalue weighted by Crippen LogP contribution is 2.45. The molecule has 0 rings (SSSR count). The number of ether oxygens (including phenoxy) is 4. The summed E-state index contributed by atoms with van der Waals surface area (Å²) in [7, 11) is -9.93. The first-order valence-electron chi connectivity index (χ1n) is 45.2. The van der Waals surface area contributed by atoms with Crippen LogP contribution in [0, 0.1) is 23.7 Å². The van der Waals surface area contributed by atoms with E-state index in [9.17, 15) is 43.2 Å². The van der Waals surface area contributed by atoms with E-state index in [1.54, 1.807) is 0 Å². The molecule has 0 aromatic rings. The fraction of sp³-hybridized carbons (Fsp3) is 0.955. The van der Waals surface area contributed by atoms with Gasteiger partial charge >= 0.3 is 39.5 Å². The molecule has 0 aliphatic heterocycles. The van der Waals surface area contributed by atoms with Gasteiger partial charge in [-0.2, -0.15) is 0 Å². The van der Waals surface area contributed by atoms with Crippen LogP contribution in [-0.2, 0) is 65.4 Å². The molecule has 0 spiro atoms.